The lowest BCUT2D eigenvalue weighted by Gasteiger charge is -2.47. The summed E-state index contributed by atoms with van der Waals surface area (Å²) in [5, 5.41) is 30.7. The molecule has 0 unspecified atom stereocenters. The Morgan fingerprint density at radius 1 is 1.11 bits per heavy atom. The Kier molecular flexibility index (Phi) is 8.34. The zero-order valence-electron chi connectivity index (χ0n) is 22.9. The summed E-state index contributed by atoms with van der Waals surface area (Å²) in [6.45, 7) is 12.9. The molecule has 3 aliphatic carbocycles. The van der Waals surface area contributed by atoms with Crippen molar-refractivity contribution in [3.8, 4) is 0 Å². The number of hydrogen-bond acceptors (Lipinski definition) is 3. The second-order valence-electron chi connectivity index (χ2n) is 13.0. The van der Waals surface area contributed by atoms with Gasteiger partial charge in [-0.3, -0.25) is 0 Å². The van der Waals surface area contributed by atoms with Gasteiger partial charge in [0.1, 0.15) is 0 Å². The van der Waals surface area contributed by atoms with Crippen LogP contribution in [0, 0.1) is 23.2 Å². The van der Waals surface area contributed by atoms with Crippen LogP contribution in [0.5, 0.6) is 0 Å². The van der Waals surface area contributed by atoms with Gasteiger partial charge in [-0.2, -0.15) is 0 Å². The molecule has 4 rings (SSSR count). The number of aliphatic hydroxyl groups is 3. The van der Waals surface area contributed by atoms with E-state index in [1.165, 1.54) is 36.8 Å². The van der Waals surface area contributed by atoms with Crippen molar-refractivity contribution in [3.05, 3.63) is 71.3 Å². The zero-order chi connectivity index (χ0) is 26.1. The smallest absolute Gasteiger partial charge is 0.0811 e. The molecule has 0 heterocycles. The van der Waals surface area contributed by atoms with Crippen molar-refractivity contribution in [3.63, 3.8) is 0 Å². The fraction of sp³-hybridized carbons (Fsp3) is 0.636. The number of rotatable bonds is 7. The minimum absolute atomic E-state index is 0.250. The predicted molar refractivity (Wildman–Crippen MR) is 149 cm³/mol. The molecule has 0 aromatic heterocycles. The van der Waals surface area contributed by atoms with E-state index < -0.39 is 17.8 Å². The molecule has 3 saturated carbocycles. The number of fused-ring (bicyclic) bond motifs is 1. The second kappa shape index (κ2) is 11.0. The molecule has 1 aromatic rings. The van der Waals surface area contributed by atoms with Gasteiger partial charge in [-0.25, -0.2) is 0 Å². The van der Waals surface area contributed by atoms with Gasteiger partial charge in [0.2, 0.25) is 0 Å². The van der Waals surface area contributed by atoms with E-state index in [0.29, 0.717) is 36.5 Å². The summed E-state index contributed by atoms with van der Waals surface area (Å²) in [4.78, 5) is 0. The lowest BCUT2D eigenvalue weighted by atomic mass is 9.57. The van der Waals surface area contributed by atoms with Gasteiger partial charge in [-0.1, -0.05) is 81.3 Å². The topological polar surface area (TPSA) is 60.7 Å². The molecule has 1 aromatic carbocycles. The maximum absolute atomic E-state index is 10.3. The van der Waals surface area contributed by atoms with E-state index in [1.807, 2.05) is 13.8 Å². The third kappa shape index (κ3) is 6.06. The average Bonchev–Trinajstić information content (AvgIpc) is 3.17. The van der Waals surface area contributed by atoms with Crippen molar-refractivity contribution >= 4 is 0 Å². The van der Waals surface area contributed by atoms with E-state index >= 15 is 0 Å². The Morgan fingerprint density at radius 2 is 1.83 bits per heavy atom. The first-order valence-corrected chi connectivity index (χ1v) is 14.2. The second-order valence-corrected chi connectivity index (χ2v) is 13.0. The van der Waals surface area contributed by atoms with Gasteiger partial charge < -0.3 is 15.3 Å². The van der Waals surface area contributed by atoms with Crippen LogP contribution in [0.4, 0.5) is 0 Å². The molecule has 0 saturated heterocycles. The first-order valence-electron chi connectivity index (χ1n) is 14.2. The summed E-state index contributed by atoms with van der Waals surface area (Å²) in [5.41, 5.74) is 4.38. The van der Waals surface area contributed by atoms with Crippen LogP contribution in [0.15, 0.2) is 65.8 Å². The molecule has 3 N–H and O–H groups in total. The largest absolute Gasteiger partial charge is 0.393 e. The molecule has 36 heavy (non-hydrogen) atoms. The summed E-state index contributed by atoms with van der Waals surface area (Å²) in [7, 11) is 0. The molecular weight excluding hydrogens is 444 g/mol. The fourth-order valence-electron chi connectivity index (χ4n) is 7.80. The van der Waals surface area contributed by atoms with Crippen LogP contribution in [0.1, 0.15) is 97.0 Å². The van der Waals surface area contributed by atoms with Crippen LogP contribution in [-0.2, 0) is 0 Å². The van der Waals surface area contributed by atoms with Gasteiger partial charge in [0.05, 0.1) is 17.8 Å². The molecule has 0 bridgehead atoms. The quantitative estimate of drug-likeness (QED) is 0.380. The predicted octanol–water partition coefficient (Wildman–Crippen LogP) is 7.10. The van der Waals surface area contributed by atoms with Crippen LogP contribution in [-0.4, -0.2) is 33.1 Å². The van der Waals surface area contributed by atoms with Gasteiger partial charge in [0.25, 0.3) is 0 Å². The number of benzene rings is 1. The van der Waals surface area contributed by atoms with Gasteiger partial charge in [-0.15, -0.1) is 0 Å². The van der Waals surface area contributed by atoms with Crippen LogP contribution < -0.4 is 0 Å². The summed E-state index contributed by atoms with van der Waals surface area (Å²) in [6.07, 6.45) is 12.2. The summed E-state index contributed by atoms with van der Waals surface area (Å²) < 4.78 is 0. The van der Waals surface area contributed by atoms with Crippen LogP contribution >= 0.6 is 0 Å². The van der Waals surface area contributed by atoms with E-state index in [0.717, 1.165) is 30.4 Å². The molecule has 3 aliphatic rings. The van der Waals surface area contributed by atoms with Crippen molar-refractivity contribution in [2.75, 3.05) is 0 Å². The molecular formula is C33H48O3. The van der Waals surface area contributed by atoms with Crippen LogP contribution in [0.25, 0.3) is 0 Å². The Bertz CT molecular complexity index is 968. The number of allylic oxidation sites excluding steroid dienone is 3. The summed E-state index contributed by atoms with van der Waals surface area (Å²) in [5.74, 6) is 2.40. The molecule has 3 heteroatoms. The maximum atomic E-state index is 10.3. The minimum Gasteiger partial charge on any atom is -0.393 e. The van der Waals surface area contributed by atoms with Crippen molar-refractivity contribution in [2.45, 2.75) is 109 Å². The molecule has 7 atom stereocenters. The third-order valence-electron chi connectivity index (χ3n) is 9.70. The lowest BCUT2D eigenvalue weighted by molar-refractivity contribution is 0.0578. The van der Waals surface area contributed by atoms with Crippen molar-refractivity contribution in [2.24, 2.45) is 23.2 Å². The standard InChI is InChI=1S/C33H48O3/c1-22(10-9-17-32(3,4)36)29-15-16-30-26(14-13-25-19-28(34)20-31(35)23(25)2)18-27(21-33(29,30)5)24-11-7-6-8-12-24/h6-8,11-14,22,27-31,34-36H,2,9-10,15-21H2,1,3-5H3/b25-13-,26-14+/t22-,27+,28-,29-,30+,31+,33-/m1/s1. The zero-order valence-corrected chi connectivity index (χ0v) is 22.9. The van der Waals surface area contributed by atoms with Crippen molar-refractivity contribution in [1.82, 2.24) is 0 Å². The van der Waals surface area contributed by atoms with Crippen LogP contribution in [0.2, 0.25) is 0 Å². The lowest BCUT2D eigenvalue weighted by Crippen LogP contribution is -2.38. The van der Waals surface area contributed by atoms with Gasteiger partial charge in [-0.05, 0) is 98.2 Å². The molecule has 0 aliphatic heterocycles. The monoisotopic (exact) mass is 492 g/mol. The van der Waals surface area contributed by atoms with Gasteiger partial charge >= 0.3 is 0 Å². The highest BCUT2D eigenvalue weighted by molar-refractivity contribution is 5.39. The Balaban J connectivity index is 1.61. The Labute approximate surface area is 219 Å². The minimum atomic E-state index is -0.646. The van der Waals surface area contributed by atoms with Crippen molar-refractivity contribution < 1.29 is 15.3 Å². The molecule has 0 spiro atoms. The van der Waals surface area contributed by atoms with Crippen LogP contribution in [0.3, 0.4) is 0 Å². The van der Waals surface area contributed by atoms with Gasteiger partial charge in [0, 0.05) is 6.42 Å². The number of aliphatic hydroxyl groups excluding tert-OH is 2. The Hall–Kier alpha value is -1.68. The SMILES string of the molecule is C=C1/C(=C\C=C2/C[C@H](c3ccccc3)C[C@]3(C)[C@@H]([C@H](C)CCCC(C)(C)O)CC[C@@H]23)C[C@@H](O)C[C@@H]1O. The van der Waals surface area contributed by atoms with E-state index in [-0.39, 0.29) is 5.41 Å². The Morgan fingerprint density at radius 3 is 2.53 bits per heavy atom. The third-order valence-corrected chi connectivity index (χ3v) is 9.70. The van der Waals surface area contributed by atoms with E-state index in [9.17, 15) is 15.3 Å². The highest BCUT2D eigenvalue weighted by Crippen LogP contribution is 2.62. The van der Waals surface area contributed by atoms with Gasteiger partial charge in [0.15, 0.2) is 0 Å². The molecule has 198 valence electrons. The van der Waals surface area contributed by atoms with Crippen molar-refractivity contribution in [1.29, 1.82) is 0 Å². The normalized spacial score (nSPS) is 36.3. The maximum Gasteiger partial charge on any atom is 0.0811 e. The van der Waals surface area contributed by atoms with E-state index in [2.05, 4.69) is 62.9 Å². The highest BCUT2D eigenvalue weighted by Gasteiger charge is 2.52. The van der Waals surface area contributed by atoms with E-state index in [4.69, 9.17) is 0 Å². The first kappa shape index (κ1) is 27.4. The number of hydrogen-bond donors (Lipinski definition) is 3. The molecule has 3 nitrogen and oxygen atoms in total. The first-order chi connectivity index (χ1) is 17.0. The molecule has 0 amide bonds. The fourth-order valence-corrected chi connectivity index (χ4v) is 7.80. The summed E-state index contributed by atoms with van der Waals surface area (Å²) in [6, 6.07) is 11.0. The average molecular weight is 493 g/mol. The molecule has 0 radical (unpaired) electrons. The molecule has 3 fully saturated rings. The summed E-state index contributed by atoms with van der Waals surface area (Å²) >= 11 is 0. The van der Waals surface area contributed by atoms with E-state index in [1.54, 1.807) is 0 Å². The highest BCUT2D eigenvalue weighted by atomic mass is 16.3.